The molecule has 1 heterocycles. The molecule has 3 nitrogen and oxygen atoms in total. The topological polar surface area (TPSA) is 37.4 Å². The first-order valence-corrected chi connectivity index (χ1v) is 9.42. The van der Waals surface area contributed by atoms with Crippen LogP contribution in [0.15, 0.2) is 53.4 Å². The van der Waals surface area contributed by atoms with Gasteiger partial charge in [0.05, 0.1) is 10.9 Å². The van der Waals surface area contributed by atoms with Crippen molar-refractivity contribution in [2.45, 2.75) is 29.7 Å². The van der Waals surface area contributed by atoms with Gasteiger partial charge in [-0.25, -0.2) is 12.8 Å². The minimum Gasteiger partial charge on any atom is -0.207 e. The summed E-state index contributed by atoms with van der Waals surface area (Å²) in [6.07, 6.45) is 1.53. The Hall–Kier alpha value is -1.43. The number of sulfonamides is 1. The normalized spacial score (nSPS) is 19.1. The molecule has 0 radical (unpaired) electrons. The van der Waals surface area contributed by atoms with Crippen molar-refractivity contribution in [1.29, 1.82) is 0 Å². The van der Waals surface area contributed by atoms with Gasteiger partial charge in [-0.3, -0.25) is 0 Å². The minimum absolute atomic E-state index is 0.242. The Balaban J connectivity index is 1.92. The van der Waals surface area contributed by atoms with E-state index in [2.05, 4.69) is 0 Å². The molecular formula is C17H17ClFNO2S. The van der Waals surface area contributed by atoms with Crippen LogP contribution in [0.3, 0.4) is 0 Å². The molecule has 122 valence electrons. The molecule has 6 heteroatoms. The van der Waals surface area contributed by atoms with Crippen molar-refractivity contribution in [3.8, 4) is 0 Å². The number of halogens is 2. The Morgan fingerprint density at radius 2 is 1.74 bits per heavy atom. The summed E-state index contributed by atoms with van der Waals surface area (Å²) in [6.45, 7) is 0.474. The lowest BCUT2D eigenvalue weighted by molar-refractivity contribution is 0.396. The average molecular weight is 354 g/mol. The van der Waals surface area contributed by atoms with Gasteiger partial charge in [-0.1, -0.05) is 24.3 Å². The van der Waals surface area contributed by atoms with E-state index in [4.69, 9.17) is 11.6 Å². The highest BCUT2D eigenvalue weighted by molar-refractivity contribution is 7.89. The molecule has 0 N–H and O–H groups in total. The van der Waals surface area contributed by atoms with Gasteiger partial charge in [-0.15, -0.1) is 11.6 Å². The van der Waals surface area contributed by atoms with E-state index in [1.54, 1.807) is 36.4 Å². The van der Waals surface area contributed by atoms with Crippen LogP contribution < -0.4 is 0 Å². The van der Waals surface area contributed by atoms with Crippen LogP contribution in [0.2, 0.25) is 0 Å². The molecule has 1 fully saturated rings. The first-order valence-electron chi connectivity index (χ1n) is 7.44. The van der Waals surface area contributed by atoms with E-state index in [0.717, 1.165) is 24.0 Å². The Labute approximate surface area is 140 Å². The van der Waals surface area contributed by atoms with Gasteiger partial charge in [-0.05, 0) is 48.2 Å². The lowest BCUT2D eigenvalue weighted by atomic mass is 10.1. The molecule has 23 heavy (non-hydrogen) atoms. The molecular weight excluding hydrogens is 337 g/mol. The van der Waals surface area contributed by atoms with Crippen molar-refractivity contribution in [1.82, 2.24) is 4.31 Å². The second-order valence-electron chi connectivity index (χ2n) is 5.60. The molecule has 1 unspecified atom stereocenters. The number of nitrogens with zero attached hydrogens (tertiary/aromatic N) is 1. The Morgan fingerprint density at radius 1 is 1.09 bits per heavy atom. The lowest BCUT2D eigenvalue weighted by Crippen LogP contribution is -2.30. The predicted molar refractivity (Wildman–Crippen MR) is 88.3 cm³/mol. The van der Waals surface area contributed by atoms with E-state index >= 15 is 0 Å². The van der Waals surface area contributed by atoms with E-state index in [9.17, 15) is 12.8 Å². The first-order chi connectivity index (χ1) is 11.0. The van der Waals surface area contributed by atoms with Crippen LogP contribution in [0.4, 0.5) is 4.39 Å². The maximum absolute atomic E-state index is 13.1. The molecule has 0 aliphatic carbocycles. The lowest BCUT2D eigenvalue weighted by Gasteiger charge is -2.24. The average Bonchev–Trinajstić information content (AvgIpc) is 3.06. The minimum atomic E-state index is -3.57. The van der Waals surface area contributed by atoms with E-state index in [1.165, 1.54) is 16.4 Å². The summed E-state index contributed by atoms with van der Waals surface area (Å²) in [5.41, 5.74) is 1.70. The monoisotopic (exact) mass is 353 g/mol. The molecule has 1 aliphatic rings. The van der Waals surface area contributed by atoms with Crippen LogP contribution >= 0.6 is 11.6 Å². The van der Waals surface area contributed by atoms with Gasteiger partial charge in [0.1, 0.15) is 5.82 Å². The maximum atomic E-state index is 13.1. The summed E-state index contributed by atoms with van der Waals surface area (Å²) in [6, 6.07) is 12.4. The summed E-state index contributed by atoms with van der Waals surface area (Å²) >= 11 is 5.75. The second-order valence-corrected chi connectivity index (χ2v) is 7.76. The van der Waals surface area contributed by atoms with Gasteiger partial charge in [0, 0.05) is 12.4 Å². The van der Waals surface area contributed by atoms with Crippen molar-refractivity contribution in [2.75, 3.05) is 6.54 Å². The molecule has 0 saturated carbocycles. The largest absolute Gasteiger partial charge is 0.243 e. The summed E-state index contributed by atoms with van der Waals surface area (Å²) in [7, 11) is -3.57. The van der Waals surface area contributed by atoms with Crippen molar-refractivity contribution in [2.24, 2.45) is 0 Å². The van der Waals surface area contributed by atoms with Crippen LogP contribution in [-0.2, 0) is 15.9 Å². The van der Waals surface area contributed by atoms with Crippen molar-refractivity contribution in [3.05, 3.63) is 65.5 Å². The molecule has 0 spiro atoms. The molecule has 1 atom stereocenters. The summed E-state index contributed by atoms with van der Waals surface area (Å²) < 4.78 is 40.4. The quantitative estimate of drug-likeness (QED) is 0.776. The SMILES string of the molecule is O=S(=O)(c1ccc(CCl)cc1)N1CCCC1c1ccc(F)cc1. The van der Waals surface area contributed by atoms with Gasteiger partial charge >= 0.3 is 0 Å². The number of benzene rings is 2. The third-order valence-corrected chi connectivity index (χ3v) is 6.37. The molecule has 2 aromatic carbocycles. The zero-order chi connectivity index (χ0) is 16.4. The smallest absolute Gasteiger partial charge is 0.207 e. The van der Waals surface area contributed by atoms with Crippen molar-refractivity contribution in [3.63, 3.8) is 0 Å². The predicted octanol–water partition coefficient (Wildman–Crippen LogP) is 4.09. The highest BCUT2D eigenvalue weighted by Gasteiger charge is 2.36. The third-order valence-electron chi connectivity index (χ3n) is 4.14. The molecule has 1 aliphatic heterocycles. The Bertz CT molecular complexity index is 775. The van der Waals surface area contributed by atoms with Gasteiger partial charge in [0.2, 0.25) is 10.0 Å². The van der Waals surface area contributed by atoms with Gasteiger partial charge in [0.25, 0.3) is 0 Å². The second kappa shape index (κ2) is 6.59. The highest BCUT2D eigenvalue weighted by atomic mass is 35.5. The van der Waals surface area contributed by atoms with Crippen LogP contribution in [0.1, 0.15) is 30.0 Å². The fourth-order valence-electron chi connectivity index (χ4n) is 2.93. The van der Waals surface area contributed by atoms with E-state index < -0.39 is 10.0 Å². The van der Waals surface area contributed by atoms with Gasteiger partial charge in [0.15, 0.2) is 0 Å². The summed E-state index contributed by atoms with van der Waals surface area (Å²) in [4.78, 5) is 0.264. The van der Waals surface area contributed by atoms with Crippen LogP contribution in [0.25, 0.3) is 0 Å². The van der Waals surface area contributed by atoms with E-state index in [0.29, 0.717) is 12.4 Å². The van der Waals surface area contributed by atoms with E-state index in [-0.39, 0.29) is 16.8 Å². The number of alkyl halides is 1. The number of hydrogen-bond acceptors (Lipinski definition) is 2. The van der Waals surface area contributed by atoms with Crippen LogP contribution in [0.5, 0.6) is 0 Å². The molecule has 0 aromatic heterocycles. The summed E-state index contributed by atoms with van der Waals surface area (Å²) in [5, 5.41) is 0. The maximum Gasteiger partial charge on any atom is 0.243 e. The van der Waals surface area contributed by atoms with Crippen LogP contribution in [0, 0.1) is 5.82 Å². The fourth-order valence-corrected chi connectivity index (χ4v) is 4.79. The van der Waals surface area contributed by atoms with E-state index in [1.807, 2.05) is 0 Å². The van der Waals surface area contributed by atoms with Gasteiger partial charge in [-0.2, -0.15) is 4.31 Å². The van der Waals surface area contributed by atoms with Gasteiger partial charge < -0.3 is 0 Å². The van der Waals surface area contributed by atoms with Crippen LogP contribution in [-0.4, -0.2) is 19.3 Å². The molecule has 1 saturated heterocycles. The molecule has 3 rings (SSSR count). The first kappa shape index (κ1) is 16.4. The molecule has 2 aromatic rings. The number of rotatable bonds is 4. The van der Waals surface area contributed by atoms with Crippen molar-refractivity contribution >= 4 is 21.6 Å². The number of hydrogen-bond donors (Lipinski definition) is 0. The summed E-state index contributed by atoms with van der Waals surface area (Å²) in [5.74, 6) is 0.0280. The standard InChI is InChI=1S/C17H17ClFNO2S/c18-12-13-3-9-16(10-4-13)23(21,22)20-11-1-2-17(20)14-5-7-15(19)8-6-14/h3-10,17H,1-2,11-12H2. The third kappa shape index (κ3) is 3.27. The van der Waals surface area contributed by atoms with Crippen molar-refractivity contribution < 1.29 is 12.8 Å². The highest BCUT2D eigenvalue weighted by Crippen LogP contribution is 2.36. The fraction of sp³-hybridized carbons (Fsp3) is 0.294. The zero-order valence-electron chi connectivity index (χ0n) is 12.5. The Kier molecular flexibility index (Phi) is 4.71. The zero-order valence-corrected chi connectivity index (χ0v) is 14.0. The molecule has 0 bridgehead atoms. The Morgan fingerprint density at radius 3 is 2.35 bits per heavy atom. The molecule has 0 amide bonds.